The predicted octanol–water partition coefficient (Wildman–Crippen LogP) is 0.775. The SMILES string of the molecule is Cc1cc(N2CCCC(N3CCN(Cc4ccnn4C)CC3)C2=O)n(C)n1. The van der Waals surface area contributed by atoms with Crippen molar-refractivity contribution < 1.29 is 4.79 Å². The van der Waals surface area contributed by atoms with Crippen LogP contribution in [0.4, 0.5) is 5.82 Å². The van der Waals surface area contributed by atoms with Gasteiger partial charge in [-0.05, 0) is 25.8 Å². The van der Waals surface area contributed by atoms with Gasteiger partial charge in [0.2, 0.25) is 5.91 Å². The molecule has 27 heavy (non-hydrogen) atoms. The van der Waals surface area contributed by atoms with E-state index in [1.54, 1.807) is 0 Å². The molecule has 2 aliphatic rings. The summed E-state index contributed by atoms with van der Waals surface area (Å²) in [4.78, 5) is 19.9. The van der Waals surface area contributed by atoms with Crippen LogP contribution >= 0.6 is 0 Å². The van der Waals surface area contributed by atoms with E-state index in [-0.39, 0.29) is 11.9 Å². The lowest BCUT2D eigenvalue weighted by atomic mass is 10.0. The minimum absolute atomic E-state index is 0.00666. The zero-order chi connectivity index (χ0) is 19.0. The molecule has 4 rings (SSSR count). The highest BCUT2D eigenvalue weighted by molar-refractivity contribution is 5.97. The second-order valence-corrected chi connectivity index (χ2v) is 7.67. The third-order valence-corrected chi connectivity index (χ3v) is 5.82. The second kappa shape index (κ2) is 7.44. The van der Waals surface area contributed by atoms with E-state index in [1.165, 1.54) is 5.69 Å². The van der Waals surface area contributed by atoms with Crippen LogP contribution < -0.4 is 4.90 Å². The molecule has 2 aromatic rings. The van der Waals surface area contributed by atoms with Gasteiger partial charge in [-0.3, -0.25) is 28.9 Å². The minimum Gasteiger partial charge on any atom is -0.296 e. The number of anilines is 1. The molecule has 0 aliphatic carbocycles. The number of carbonyl (C=O) groups is 1. The third-order valence-electron chi connectivity index (χ3n) is 5.82. The van der Waals surface area contributed by atoms with E-state index in [1.807, 2.05) is 47.5 Å². The van der Waals surface area contributed by atoms with E-state index < -0.39 is 0 Å². The van der Waals surface area contributed by atoms with Crippen molar-refractivity contribution in [2.24, 2.45) is 14.1 Å². The molecule has 0 radical (unpaired) electrons. The van der Waals surface area contributed by atoms with E-state index in [2.05, 4.69) is 26.1 Å². The standard InChI is InChI=1S/C19H29N7O/c1-15-13-18(23(3)21-15)26-8-4-5-17(19(26)27)25-11-9-24(10-12-25)14-16-6-7-20-22(16)2/h6-7,13,17H,4-5,8-12,14H2,1-3H3. The Labute approximate surface area is 160 Å². The van der Waals surface area contributed by atoms with Gasteiger partial charge in [-0.1, -0.05) is 0 Å². The monoisotopic (exact) mass is 371 g/mol. The Hall–Kier alpha value is -2.19. The molecule has 0 aromatic carbocycles. The van der Waals surface area contributed by atoms with E-state index in [9.17, 15) is 4.79 Å². The number of piperazine rings is 1. The van der Waals surface area contributed by atoms with Crippen LogP contribution in [0.15, 0.2) is 18.3 Å². The molecule has 1 atom stereocenters. The van der Waals surface area contributed by atoms with Gasteiger partial charge in [0, 0.05) is 65.6 Å². The van der Waals surface area contributed by atoms with Crippen molar-refractivity contribution in [3.63, 3.8) is 0 Å². The van der Waals surface area contributed by atoms with Gasteiger partial charge in [-0.25, -0.2) is 0 Å². The van der Waals surface area contributed by atoms with E-state index in [0.29, 0.717) is 0 Å². The fourth-order valence-electron chi connectivity index (χ4n) is 4.29. The molecule has 8 nitrogen and oxygen atoms in total. The van der Waals surface area contributed by atoms with Gasteiger partial charge in [-0.15, -0.1) is 0 Å². The molecule has 2 fully saturated rings. The fraction of sp³-hybridized carbons (Fsp3) is 0.632. The van der Waals surface area contributed by atoms with E-state index in [4.69, 9.17) is 0 Å². The lowest BCUT2D eigenvalue weighted by molar-refractivity contribution is -0.126. The Morgan fingerprint density at radius 1 is 1.11 bits per heavy atom. The van der Waals surface area contributed by atoms with Crippen LogP contribution in [0.25, 0.3) is 0 Å². The van der Waals surface area contributed by atoms with Gasteiger partial charge < -0.3 is 0 Å². The molecular weight excluding hydrogens is 342 g/mol. The molecule has 2 aromatic heterocycles. The van der Waals surface area contributed by atoms with Gasteiger partial charge in [0.15, 0.2) is 0 Å². The van der Waals surface area contributed by atoms with Crippen molar-refractivity contribution in [3.8, 4) is 0 Å². The van der Waals surface area contributed by atoms with Crippen LogP contribution in [0.5, 0.6) is 0 Å². The third kappa shape index (κ3) is 3.64. The molecule has 2 aliphatic heterocycles. The fourth-order valence-corrected chi connectivity index (χ4v) is 4.29. The average molecular weight is 371 g/mol. The van der Waals surface area contributed by atoms with Gasteiger partial charge in [0.05, 0.1) is 17.4 Å². The Morgan fingerprint density at radius 3 is 2.52 bits per heavy atom. The molecule has 2 saturated heterocycles. The van der Waals surface area contributed by atoms with Crippen molar-refractivity contribution in [1.82, 2.24) is 29.4 Å². The van der Waals surface area contributed by atoms with Crippen LogP contribution in [0, 0.1) is 6.92 Å². The van der Waals surface area contributed by atoms with Crippen LogP contribution in [0.3, 0.4) is 0 Å². The van der Waals surface area contributed by atoms with Crippen molar-refractivity contribution in [3.05, 3.63) is 29.7 Å². The van der Waals surface area contributed by atoms with Crippen LogP contribution in [0.1, 0.15) is 24.2 Å². The van der Waals surface area contributed by atoms with Crippen LogP contribution in [0.2, 0.25) is 0 Å². The topological polar surface area (TPSA) is 62.4 Å². The first kappa shape index (κ1) is 18.2. The van der Waals surface area contributed by atoms with Gasteiger partial charge in [0.1, 0.15) is 5.82 Å². The quantitative estimate of drug-likeness (QED) is 0.795. The largest absolute Gasteiger partial charge is 0.296 e. The molecule has 4 heterocycles. The highest BCUT2D eigenvalue weighted by Crippen LogP contribution is 2.25. The van der Waals surface area contributed by atoms with E-state index in [0.717, 1.165) is 63.6 Å². The predicted molar refractivity (Wildman–Crippen MR) is 103 cm³/mol. The number of aromatic nitrogens is 4. The highest BCUT2D eigenvalue weighted by Gasteiger charge is 2.36. The molecule has 1 amide bonds. The maximum Gasteiger partial charge on any atom is 0.245 e. The molecule has 0 N–H and O–H groups in total. The number of hydrogen-bond acceptors (Lipinski definition) is 5. The van der Waals surface area contributed by atoms with Crippen molar-refractivity contribution >= 4 is 11.7 Å². The van der Waals surface area contributed by atoms with Crippen molar-refractivity contribution in [2.45, 2.75) is 32.4 Å². The average Bonchev–Trinajstić information content (AvgIpc) is 3.21. The molecule has 0 saturated carbocycles. The summed E-state index contributed by atoms with van der Waals surface area (Å²) in [6, 6.07) is 4.07. The number of amides is 1. The molecule has 1 unspecified atom stereocenters. The Kier molecular flexibility index (Phi) is 5.01. The van der Waals surface area contributed by atoms with Gasteiger partial charge in [0.25, 0.3) is 0 Å². The number of piperidine rings is 1. The minimum atomic E-state index is -0.00666. The molecule has 0 spiro atoms. The Balaban J connectivity index is 1.38. The number of hydrogen-bond donors (Lipinski definition) is 0. The van der Waals surface area contributed by atoms with Crippen molar-refractivity contribution in [1.29, 1.82) is 0 Å². The van der Waals surface area contributed by atoms with Crippen LogP contribution in [-0.4, -0.2) is 74.0 Å². The summed E-state index contributed by atoms with van der Waals surface area (Å²) < 4.78 is 3.76. The maximum absolute atomic E-state index is 13.2. The maximum atomic E-state index is 13.2. The highest BCUT2D eigenvalue weighted by atomic mass is 16.2. The summed E-state index contributed by atoms with van der Waals surface area (Å²) in [5, 5.41) is 8.65. The number of carbonyl (C=O) groups excluding carboxylic acids is 1. The number of rotatable bonds is 4. The van der Waals surface area contributed by atoms with Crippen molar-refractivity contribution in [2.75, 3.05) is 37.6 Å². The first-order valence-electron chi connectivity index (χ1n) is 9.78. The van der Waals surface area contributed by atoms with Gasteiger partial charge in [-0.2, -0.15) is 10.2 Å². The zero-order valence-electron chi connectivity index (χ0n) is 16.5. The summed E-state index contributed by atoms with van der Waals surface area (Å²) in [6.45, 7) is 7.52. The zero-order valence-corrected chi connectivity index (χ0v) is 16.5. The van der Waals surface area contributed by atoms with Gasteiger partial charge >= 0.3 is 0 Å². The first-order chi connectivity index (χ1) is 13.0. The number of aryl methyl sites for hydroxylation is 3. The normalized spacial score (nSPS) is 22.6. The summed E-state index contributed by atoms with van der Waals surface area (Å²) in [7, 11) is 3.90. The molecule has 0 bridgehead atoms. The molecule has 8 heteroatoms. The lowest BCUT2D eigenvalue weighted by Crippen LogP contribution is -2.57. The van der Waals surface area contributed by atoms with E-state index >= 15 is 0 Å². The first-order valence-corrected chi connectivity index (χ1v) is 9.78. The van der Waals surface area contributed by atoms with Crippen LogP contribution in [-0.2, 0) is 25.4 Å². The number of nitrogens with zero attached hydrogens (tertiary/aromatic N) is 7. The summed E-state index contributed by atoms with van der Waals surface area (Å²) in [5.41, 5.74) is 2.18. The molecule has 146 valence electrons. The lowest BCUT2D eigenvalue weighted by Gasteiger charge is -2.42. The smallest absolute Gasteiger partial charge is 0.245 e. The Morgan fingerprint density at radius 2 is 1.89 bits per heavy atom. The molecular formula is C19H29N7O. The second-order valence-electron chi connectivity index (χ2n) is 7.67. The summed E-state index contributed by atoms with van der Waals surface area (Å²) in [6.07, 6.45) is 3.84. The summed E-state index contributed by atoms with van der Waals surface area (Å²) in [5.74, 6) is 1.14. The Bertz CT molecular complexity index is 803. The summed E-state index contributed by atoms with van der Waals surface area (Å²) >= 11 is 0.